The van der Waals surface area contributed by atoms with E-state index < -0.39 is 0 Å². The maximum atomic E-state index is 6.59. The Morgan fingerprint density at radius 2 is 1.67 bits per heavy atom. The second-order valence-corrected chi connectivity index (χ2v) is 9.62. The van der Waals surface area contributed by atoms with Crippen molar-refractivity contribution in [1.82, 2.24) is 14.5 Å². The van der Waals surface area contributed by atoms with Gasteiger partial charge in [-0.3, -0.25) is 9.88 Å². The number of nitrogens with zero attached hydrogens (tertiary/aromatic N) is 3. The van der Waals surface area contributed by atoms with Gasteiger partial charge in [0.05, 0.1) is 16.7 Å². The molecule has 4 nitrogen and oxygen atoms in total. The Bertz CT molecular complexity index is 1250. The molecular weight excluding hydrogens is 430 g/mol. The van der Waals surface area contributed by atoms with E-state index in [0.29, 0.717) is 18.7 Å². The summed E-state index contributed by atoms with van der Waals surface area (Å²) in [5, 5.41) is 3.11. The first-order valence-corrected chi connectivity index (χ1v) is 12.3. The summed E-state index contributed by atoms with van der Waals surface area (Å²) >= 11 is 6.59. The third-order valence-electron chi connectivity index (χ3n) is 6.44. The van der Waals surface area contributed by atoms with Gasteiger partial charge in [0.15, 0.2) is 0 Å². The summed E-state index contributed by atoms with van der Waals surface area (Å²) < 4.78 is 8.42. The van der Waals surface area contributed by atoms with Gasteiger partial charge < -0.3 is 9.30 Å². The van der Waals surface area contributed by atoms with Crippen LogP contribution >= 0.6 is 11.6 Å². The molecule has 2 aromatic heterocycles. The predicted octanol–water partition coefficient (Wildman–Crippen LogP) is 7.34. The lowest BCUT2D eigenvalue weighted by atomic mass is 10.0. The Balaban J connectivity index is 1.67. The normalized spacial score (nSPS) is 12.1. The molecule has 0 aliphatic heterocycles. The fourth-order valence-electron chi connectivity index (χ4n) is 4.97. The van der Waals surface area contributed by atoms with Gasteiger partial charge in [-0.1, -0.05) is 23.7 Å². The Kier molecular flexibility index (Phi) is 6.96. The van der Waals surface area contributed by atoms with Crippen LogP contribution in [0.2, 0.25) is 5.02 Å². The van der Waals surface area contributed by atoms with E-state index in [1.54, 1.807) is 0 Å². The van der Waals surface area contributed by atoms with Gasteiger partial charge in [-0.2, -0.15) is 0 Å². The van der Waals surface area contributed by atoms with E-state index in [1.165, 1.54) is 21.8 Å². The summed E-state index contributed by atoms with van der Waals surface area (Å²) in [6.07, 6.45) is 1.88. The Hall–Kier alpha value is -2.56. The smallest absolute Gasteiger partial charge is 0.119 e. The summed E-state index contributed by atoms with van der Waals surface area (Å²) in [6, 6.07) is 15.6. The van der Waals surface area contributed by atoms with Crippen molar-refractivity contribution in [1.29, 1.82) is 0 Å². The predicted molar refractivity (Wildman–Crippen MR) is 141 cm³/mol. The summed E-state index contributed by atoms with van der Waals surface area (Å²) in [4.78, 5) is 6.98. The molecule has 0 aliphatic carbocycles. The molecule has 4 aromatic rings. The zero-order valence-corrected chi connectivity index (χ0v) is 21.3. The first kappa shape index (κ1) is 23.6. The molecule has 0 atom stereocenters. The number of rotatable bonds is 8. The number of halogens is 1. The lowest BCUT2D eigenvalue weighted by Crippen LogP contribution is -2.39. The van der Waals surface area contributed by atoms with Crippen LogP contribution in [0.5, 0.6) is 5.75 Å². The summed E-state index contributed by atoms with van der Waals surface area (Å²) in [7, 11) is 0. The van der Waals surface area contributed by atoms with Gasteiger partial charge >= 0.3 is 0 Å². The van der Waals surface area contributed by atoms with Crippen molar-refractivity contribution in [3.63, 3.8) is 0 Å². The SMILES string of the molecule is CCn1c2c(-c3ccc(OCCN(C(C)C)C(C)C)cc3)cc(Cl)cc2c2ccnc(C)c21. The van der Waals surface area contributed by atoms with Crippen LogP contribution in [0.3, 0.4) is 0 Å². The van der Waals surface area contributed by atoms with Crippen LogP contribution in [0.25, 0.3) is 32.9 Å². The average molecular weight is 464 g/mol. The molecule has 0 aliphatic rings. The molecule has 2 heterocycles. The highest BCUT2D eigenvalue weighted by Crippen LogP contribution is 2.39. The van der Waals surface area contributed by atoms with Gasteiger partial charge in [0.1, 0.15) is 12.4 Å². The van der Waals surface area contributed by atoms with E-state index in [0.717, 1.165) is 40.7 Å². The molecule has 0 N–H and O–H groups in total. The topological polar surface area (TPSA) is 30.3 Å². The van der Waals surface area contributed by atoms with Gasteiger partial charge in [0.25, 0.3) is 0 Å². The van der Waals surface area contributed by atoms with Crippen molar-refractivity contribution in [2.24, 2.45) is 0 Å². The van der Waals surface area contributed by atoms with Gasteiger partial charge in [-0.05, 0) is 77.4 Å². The minimum absolute atomic E-state index is 0.505. The second kappa shape index (κ2) is 9.74. The molecule has 174 valence electrons. The van der Waals surface area contributed by atoms with Gasteiger partial charge in [-0.25, -0.2) is 0 Å². The zero-order valence-electron chi connectivity index (χ0n) is 20.5. The fraction of sp³-hybridized carbons (Fsp3) is 0.393. The number of ether oxygens (including phenoxy) is 1. The molecule has 0 bridgehead atoms. The maximum absolute atomic E-state index is 6.59. The Morgan fingerprint density at radius 1 is 0.970 bits per heavy atom. The highest BCUT2D eigenvalue weighted by Gasteiger charge is 2.17. The van der Waals surface area contributed by atoms with E-state index in [-0.39, 0.29) is 0 Å². The van der Waals surface area contributed by atoms with Gasteiger partial charge in [0.2, 0.25) is 0 Å². The van der Waals surface area contributed by atoms with Gasteiger partial charge in [-0.15, -0.1) is 0 Å². The summed E-state index contributed by atoms with van der Waals surface area (Å²) in [5.41, 5.74) is 5.67. The molecule has 0 spiro atoms. The molecule has 4 rings (SSSR count). The van der Waals surface area contributed by atoms with Crippen LogP contribution in [0.15, 0.2) is 48.7 Å². The van der Waals surface area contributed by atoms with Crippen molar-refractivity contribution in [3.05, 3.63) is 59.4 Å². The van der Waals surface area contributed by atoms with Crippen molar-refractivity contribution >= 4 is 33.4 Å². The van der Waals surface area contributed by atoms with Crippen molar-refractivity contribution in [2.45, 2.75) is 60.2 Å². The largest absolute Gasteiger partial charge is 0.492 e. The lowest BCUT2D eigenvalue weighted by Gasteiger charge is -2.30. The van der Waals surface area contributed by atoms with Crippen LogP contribution in [-0.2, 0) is 6.54 Å². The third kappa shape index (κ3) is 4.60. The first-order valence-electron chi connectivity index (χ1n) is 11.9. The van der Waals surface area contributed by atoms with E-state index in [2.05, 4.69) is 98.5 Å². The quantitative estimate of drug-likeness (QED) is 0.274. The van der Waals surface area contributed by atoms with Crippen molar-refractivity contribution in [2.75, 3.05) is 13.2 Å². The minimum atomic E-state index is 0.505. The van der Waals surface area contributed by atoms with E-state index >= 15 is 0 Å². The molecule has 0 saturated heterocycles. The molecule has 0 saturated carbocycles. The van der Waals surface area contributed by atoms with E-state index in [9.17, 15) is 0 Å². The molecule has 0 fully saturated rings. The molecular formula is C28H34ClN3O. The van der Waals surface area contributed by atoms with Crippen molar-refractivity contribution in [3.8, 4) is 16.9 Å². The van der Waals surface area contributed by atoms with Crippen LogP contribution in [0, 0.1) is 6.92 Å². The highest BCUT2D eigenvalue weighted by atomic mass is 35.5. The number of pyridine rings is 1. The van der Waals surface area contributed by atoms with Crippen molar-refractivity contribution < 1.29 is 4.74 Å². The van der Waals surface area contributed by atoms with Crippen LogP contribution < -0.4 is 4.74 Å². The molecule has 0 radical (unpaired) electrons. The fourth-order valence-corrected chi connectivity index (χ4v) is 5.19. The summed E-state index contributed by atoms with van der Waals surface area (Å²) in [5.74, 6) is 0.889. The average Bonchev–Trinajstić information content (AvgIpc) is 3.11. The van der Waals surface area contributed by atoms with E-state index in [1.807, 2.05) is 6.20 Å². The molecule has 0 amide bonds. The standard InChI is InChI=1S/C28H34ClN3O/c1-7-31-27-20(6)30-13-12-24(27)26-17-22(29)16-25(28(26)31)21-8-10-23(11-9-21)33-15-14-32(18(2)3)19(4)5/h8-13,16-19H,7,14-15H2,1-6H3. The Morgan fingerprint density at radius 3 is 2.30 bits per heavy atom. The highest BCUT2D eigenvalue weighted by molar-refractivity contribution is 6.32. The molecule has 2 aromatic carbocycles. The van der Waals surface area contributed by atoms with Crippen LogP contribution in [0.4, 0.5) is 0 Å². The molecule has 33 heavy (non-hydrogen) atoms. The number of hydrogen-bond acceptors (Lipinski definition) is 3. The zero-order chi connectivity index (χ0) is 23.7. The second-order valence-electron chi connectivity index (χ2n) is 9.18. The third-order valence-corrected chi connectivity index (χ3v) is 6.66. The number of benzene rings is 2. The molecule has 0 unspecified atom stereocenters. The van der Waals surface area contributed by atoms with Crippen LogP contribution in [-0.4, -0.2) is 39.7 Å². The van der Waals surface area contributed by atoms with Gasteiger partial charge in [0, 0.05) is 52.7 Å². The monoisotopic (exact) mass is 463 g/mol. The lowest BCUT2D eigenvalue weighted by molar-refractivity contribution is 0.142. The number of aromatic nitrogens is 2. The number of hydrogen-bond donors (Lipinski definition) is 0. The maximum Gasteiger partial charge on any atom is 0.119 e. The molecule has 5 heteroatoms. The summed E-state index contributed by atoms with van der Waals surface area (Å²) in [6.45, 7) is 15.6. The number of aryl methyl sites for hydroxylation is 2. The van der Waals surface area contributed by atoms with E-state index in [4.69, 9.17) is 16.3 Å². The van der Waals surface area contributed by atoms with Crippen LogP contribution in [0.1, 0.15) is 40.3 Å². The number of fused-ring (bicyclic) bond motifs is 3. The first-order chi connectivity index (χ1) is 15.8. The Labute approximate surface area is 202 Å². The minimum Gasteiger partial charge on any atom is -0.492 e.